The van der Waals surface area contributed by atoms with Crippen LogP contribution in [-0.2, 0) is 16.0 Å². The number of ether oxygens (including phenoxy) is 1. The van der Waals surface area contributed by atoms with Gasteiger partial charge in [-0.3, -0.25) is 4.79 Å². The third-order valence-electron chi connectivity index (χ3n) is 3.98. The van der Waals surface area contributed by atoms with Crippen molar-refractivity contribution in [3.8, 4) is 5.75 Å². The summed E-state index contributed by atoms with van der Waals surface area (Å²) in [4.78, 5) is 26.9. The van der Waals surface area contributed by atoms with E-state index in [4.69, 9.17) is 4.74 Å². The molecule has 3 aromatic rings. The Hall–Kier alpha value is -2.32. The molecule has 1 atom stereocenters. The van der Waals surface area contributed by atoms with Crippen molar-refractivity contribution < 1.29 is 19.4 Å². The van der Waals surface area contributed by atoms with Gasteiger partial charge in [0.2, 0.25) is 0 Å². The zero-order valence-electron chi connectivity index (χ0n) is 14.0. The molecule has 0 saturated carbocycles. The Labute approximate surface area is 172 Å². The van der Waals surface area contributed by atoms with E-state index < -0.39 is 17.9 Å². The summed E-state index contributed by atoms with van der Waals surface area (Å²) >= 11 is 6.69. The Balaban J connectivity index is 1.63. The van der Waals surface area contributed by atoms with Crippen LogP contribution in [0.25, 0.3) is 10.9 Å². The van der Waals surface area contributed by atoms with Crippen LogP contribution in [0.5, 0.6) is 5.75 Å². The number of benzene rings is 2. The Morgan fingerprint density at radius 3 is 2.70 bits per heavy atom. The molecule has 0 aliphatic rings. The maximum Gasteiger partial charge on any atom is 0.326 e. The number of aliphatic carboxylic acids is 1. The third kappa shape index (κ3) is 4.90. The molecular formula is C19H16Br2N2O4. The number of carboxylic acid groups (broad SMARTS) is 1. The van der Waals surface area contributed by atoms with Gasteiger partial charge in [-0.15, -0.1) is 0 Å². The predicted molar refractivity (Wildman–Crippen MR) is 109 cm³/mol. The summed E-state index contributed by atoms with van der Waals surface area (Å²) in [6, 6.07) is 11.9. The minimum atomic E-state index is -1.10. The summed E-state index contributed by atoms with van der Waals surface area (Å²) in [6.45, 7) is -0.280. The summed E-state index contributed by atoms with van der Waals surface area (Å²) in [7, 11) is 0. The molecule has 1 heterocycles. The van der Waals surface area contributed by atoms with Crippen molar-refractivity contribution in [2.45, 2.75) is 12.5 Å². The minimum Gasteiger partial charge on any atom is -0.483 e. The van der Waals surface area contributed by atoms with Crippen molar-refractivity contribution in [1.82, 2.24) is 10.3 Å². The lowest BCUT2D eigenvalue weighted by Crippen LogP contribution is -2.44. The molecule has 0 saturated heterocycles. The maximum absolute atomic E-state index is 12.2. The highest BCUT2D eigenvalue weighted by Crippen LogP contribution is 2.28. The smallest absolute Gasteiger partial charge is 0.326 e. The number of fused-ring (bicyclic) bond motifs is 1. The molecule has 0 bridgehead atoms. The molecule has 3 N–H and O–H groups in total. The van der Waals surface area contributed by atoms with E-state index in [0.29, 0.717) is 10.2 Å². The number of carbonyl (C=O) groups excluding carboxylic acids is 1. The largest absolute Gasteiger partial charge is 0.483 e. The van der Waals surface area contributed by atoms with Crippen LogP contribution in [0.15, 0.2) is 57.6 Å². The van der Waals surface area contributed by atoms with Crippen LogP contribution in [0, 0.1) is 0 Å². The summed E-state index contributed by atoms with van der Waals surface area (Å²) in [5.74, 6) is -1.10. The molecule has 0 radical (unpaired) electrons. The Bertz CT molecular complexity index is 987. The highest BCUT2D eigenvalue weighted by molar-refractivity contribution is 9.11. The molecule has 6 nitrogen and oxygen atoms in total. The van der Waals surface area contributed by atoms with Gasteiger partial charge in [0, 0.05) is 28.0 Å². The molecule has 0 aliphatic heterocycles. The van der Waals surface area contributed by atoms with Crippen molar-refractivity contribution in [1.29, 1.82) is 0 Å². The van der Waals surface area contributed by atoms with Crippen molar-refractivity contribution in [2.75, 3.05) is 6.61 Å². The van der Waals surface area contributed by atoms with Gasteiger partial charge in [0.05, 0.1) is 4.47 Å². The van der Waals surface area contributed by atoms with Crippen LogP contribution in [-0.4, -0.2) is 34.6 Å². The van der Waals surface area contributed by atoms with Crippen molar-refractivity contribution in [3.05, 3.63) is 63.2 Å². The number of carboxylic acids is 1. The van der Waals surface area contributed by atoms with Gasteiger partial charge in [0.15, 0.2) is 6.61 Å². The summed E-state index contributed by atoms with van der Waals surface area (Å²) in [6.07, 6.45) is 1.94. The van der Waals surface area contributed by atoms with Gasteiger partial charge >= 0.3 is 5.97 Å². The van der Waals surface area contributed by atoms with Crippen LogP contribution in [0.4, 0.5) is 0 Å². The molecular weight excluding hydrogens is 480 g/mol. The number of para-hydroxylation sites is 1. The van der Waals surface area contributed by atoms with Crippen LogP contribution in [0.3, 0.4) is 0 Å². The van der Waals surface area contributed by atoms with Gasteiger partial charge in [-0.1, -0.05) is 34.1 Å². The number of rotatable bonds is 7. The van der Waals surface area contributed by atoms with Crippen molar-refractivity contribution in [3.63, 3.8) is 0 Å². The number of aromatic nitrogens is 1. The van der Waals surface area contributed by atoms with E-state index in [9.17, 15) is 14.7 Å². The monoisotopic (exact) mass is 494 g/mol. The molecule has 8 heteroatoms. The first-order chi connectivity index (χ1) is 12.9. The van der Waals surface area contributed by atoms with Gasteiger partial charge in [-0.2, -0.15) is 0 Å². The average Bonchev–Trinajstić information content (AvgIpc) is 3.03. The van der Waals surface area contributed by atoms with Crippen LogP contribution in [0.2, 0.25) is 0 Å². The molecule has 140 valence electrons. The first-order valence-corrected chi connectivity index (χ1v) is 9.67. The van der Waals surface area contributed by atoms with E-state index in [2.05, 4.69) is 42.2 Å². The maximum atomic E-state index is 12.2. The number of hydrogen-bond donors (Lipinski definition) is 3. The van der Waals surface area contributed by atoms with Crippen LogP contribution in [0.1, 0.15) is 5.56 Å². The highest BCUT2D eigenvalue weighted by atomic mass is 79.9. The second kappa shape index (κ2) is 8.58. The van der Waals surface area contributed by atoms with Crippen LogP contribution >= 0.6 is 31.9 Å². The standard InChI is InChI=1S/C19H16Br2N2O4/c20-12-5-6-17(14(21)8-12)27-10-18(24)23-16(19(25)26)7-11-9-22-15-4-2-1-3-13(11)15/h1-6,8-9,16,22H,7,10H2,(H,23,24)(H,25,26). The molecule has 27 heavy (non-hydrogen) atoms. The van der Waals surface area contributed by atoms with Crippen molar-refractivity contribution >= 4 is 54.6 Å². The lowest BCUT2D eigenvalue weighted by atomic mass is 10.1. The van der Waals surface area contributed by atoms with E-state index in [-0.39, 0.29) is 13.0 Å². The summed E-state index contributed by atoms with van der Waals surface area (Å²) in [5.41, 5.74) is 1.75. The lowest BCUT2D eigenvalue weighted by Gasteiger charge is -2.15. The Kier molecular flexibility index (Phi) is 6.18. The average molecular weight is 496 g/mol. The number of hydrogen-bond acceptors (Lipinski definition) is 3. The molecule has 0 spiro atoms. The van der Waals surface area contributed by atoms with Gasteiger partial charge in [-0.25, -0.2) is 4.79 Å². The number of carbonyl (C=O) groups is 2. The number of amides is 1. The SMILES string of the molecule is O=C(COc1ccc(Br)cc1Br)NC(Cc1c[nH]c2ccccc12)C(=O)O. The minimum absolute atomic E-state index is 0.174. The van der Waals surface area contributed by atoms with E-state index in [0.717, 1.165) is 20.9 Å². The molecule has 3 rings (SSSR count). The van der Waals surface area contributed by atoms with E-state index in [1.165, 1.54) is 0 Å². The van der Waals surface area contributed by atoms with E-state index in [1.807, 2.05) is 24.3 Å². The molecule has 2 aromatic carbocycles. The quantitative estimate of drug-likeness (QED) is 0.463. The van der Waals surface area contributed by atoms with E-state index in [1.54, 1.807) is 24.4 Å². The number of nitrogens with one attached hydrogen (secondary N) is 2. The second-order valence-corrected chi connectivity index (χ2v) is 7.66. The number of halogens is 2. The summed E-state index contributed by atoms with van der Waals surface area (Å²) < 4.78 is 7.02. The molecule has 0 aliphatic carbocycles. The van der Waals surface area contributed by atoms with Gasteiger partial charge < -0.3 is 20.1 Å². The second-order valence-electron chi connectivity index (χ2n) is 5.89. The topological polar surface area (TPSA) is 91.4 Å². The fraction of sp³-hybridized carbons (Fsp3) is 0.158. The van der Waals surface area contributed by atoms with Gasteiger partial charge in [-0.05, 0) is 45.8 Å². The fourth-order valence-corrected chi connectivity index (χ4v) is 3.85. The summed E-state index contributed by atoms with van der Waals surface area (Å²) in [5, 5.41) is 12.9. The van der Waals surface area contributed by atoms with Crippen molar-refractivity contribution in [2.24, 2.45) is 0 Å². The Morgan fingerprint density at radius 2 is 1.96 bits per heavy atom. The molecule has 1 amide bonds. The molecule has 1 aromatic heterocycles. The lowest BCUT2D eigenvalue weighted by molar-refractivity contribution is -0.142. The van der Waals surface area contributed by atoms with Crippen LogP contribution < -0.4 is 10.1 Å². The van der Waals surface area contributed by atoms with Gasteiger partial charge in [0.25, 0.3) is 5.91 Å². The predicted octanol–water partition coefficient (Wildman–Crippen LogP) is 3.88. The molecule has 0 fully saturated rings. The Morgan fingerprint density at radius 1 is 1.19 bits per heavy atom. The fourth-order valence-electron chi connectivity index (χ4n) is 2.69. The molecule has 1 unspecified atom stereocenters. The first-order valence-electron chi connectivity index (χ1n) is 8.09. The normalized spacial score (nSPS) is 11.9. The highest BCUT2D eigenvalue weighted by Gasteiger charge is 2.22. The third-order valence-corrected chi connectivity index (χ3v) is 5.10. The number of aromatic amines is 1. The van der Waals surface area contributed by atoms with E-state index >= 15 is 0 Å². The van der Waals surface area contributed by atoms with Gasteiger partial charge in [0.1, 0.15) is 11.8 Å². The number of H-pyrrole nitrogens is 1. The first kappa shape index (κ1) is 19.4. The zero-order chi connectivity index (χ0) is 19.4. The zero-order valence-corrected chi connectivity index (χ0v) is 17.2.